The van der Waals surface area contributed by atoms with Crippen molar-refractivity contribution in [2.24, 2.45) is 0 Å². The third-order valence-corrected chi connectivity index (χ3v) is 7.12. The number of anilines is 3. The van der Waals surface area contributed by atoms with Gasteiger partial charge in [-0.1, -0.05) is 34.1 Å². The highest BCUT2D eigenvalue weighted by Crippen LogP contribution is 2.27. The lowest BCUT2D eigenvalue weighted by atomic mass is 10.1. The molecule has 1 atom stereocenters. The molecule has 34 heavy (non-hydrogen) atoms. The maximum Gasteiger partial charge on any atom is 0.252 e. The number of halogens is 1. The summed E-state index contributed by atoms with van der Waals surface area (Å²) in [5.41, 5.74) is 3.64. The fourth-order valence-corrected chi connectivity index (χ4v) is 4.99. The summed E-state index contributed by atoms with van der Waals surface area (Å²) in [4.78, 5) is 26.9. The van der Waals surface area contributed by atoms with Crippen LogP contribution in [0.3, 0.4) is 0 Å². The lowest BCUT2D eigenvalue weighted by molar-refractivity contribution is 0.313. The van der Waals surface area contributed by atoms with E-state index >= 15 is 0 Å². The molecule has 1 unspecified atom stereocenters. The van der Waals surface area contributed by atoms with Crippen LogP contribution in [-0.2, 0) is 0 Å². The number of nitrogens with zero attached hydrogens (tertiary/aromatic N) is 5. The van der Waals surface area contributed by atoms with Gasteiger partial charge >= 0.3 is 0 Å². The van der Waals surface area contributed by atoms with Crippen LogP contribution in [0.5, 0.6) is 0 Å². The van der Waals surface area contributed by atoms with Crippen molar-refractivity contribution in [1.82, 2.24) is 19.4 Å². The molecule has 4 aromatic rings. The first kappa shape index (κ1) is 22.6. The van der Waals surface area contributed by atoms with E-state index in [-0.39, 0.29) is 11.6 Å². The second-order valence-electron chi connectivity index (χ2n) is 8.67. The minimum atomic E-state index is -0.197. The summed E-state index contributed by atoms with van der Waals surface area (Å²) < 4.78 is 2.68. The van der Waals surface area contributed by atoms with Gasteiger partial charge in [-0.25, -0.2) is 4.98 Å². The van der Waals surface area contributed by atoms with Gasteiger partial charge in [-0.05, 0) is 55.9 Å². The highest BCUT2D eigenvalue weighted by atomic mass is 79.9. The molecule has 1 saturated heterocycles. The van der Waals surface area contributed by atoms with E-state index in [9.17, 15) is 4.79 Å². The Morgan fingerprint density at radius 1 is 0.971 bits per heavy atom. The Bertz CT molecular complexity index is 1360. The van der Waals surface area contributed by atoms with Crippen LogP contribution < -0.4 is 15.8 Å². The van der Waals surface area contributed by atoms with Crippen molar-refractivity contribution in [3.63, 3.8) is 0 Å². The summed E-state index contributed by atoms with van der Waals surface area (Å²) in [6.45, 7) is 6.22. The van der Waals surface area contributed by atoms with Crippen LogP contribution in [-0.4, -0.2) is 52.7 Å². The van der Waals surface area contributed by atoms with Gasteiger partial charge in [0, 0.05) is 59.7 Å². The average Bonchev–Trinajstić information content (AvgIpc) is 2.85. The number of hydrogen-bond donors (Lipinski definition) is 1. The Labute approximate surface area is 207 Å². The molecule has 1 N–H and O–H groups in total. The van der Waals surface area contributed by atoms with Crippen LogP contribution in [0.25, 0.3) is 11.0 Å². The van der Waals surface area contributed by atoms with E-state index < -0.39 is 0 Å². The molecule has 8 heteroatoms. The third kappa shape index (κ3) is 4.56. The summed E-state index contributed by atoms with van der Waals surface area (Å²) in [7, 11) is 2.16. The minimum absolute atomic E-state index is 0.100. The first-order valence-electron chi connectivity index (χ1n) is 11.4. The van der Waals surface area contributed by atoms with Crippen LogP contribution in [0.1, 0.15) is 18.5 Å². The van der Waals surface area contributed by atoms with Gasteiger partial charge in [0.25, 0.3) is 5.56 Å². The van der Waals surface area contributed by atoms with Crippen molar-refractivity contribution >= 4 is 44.3 Å². The molecule has 0 saturated carbocycles. The smallest absolute Gasteiger partial charge is 0.252 e. The molecule has 2 aromatic heterocycles. The highest BCUT2D eigenvalue weighted by Gasteiger charge is 2.17. The zero-order valence-corrected chi connectivity index (χ0v) is 20.9. The Morgan fingerprint density at radius 2 is 1.71 bits per heavy atom. The SMILES string of the molecule is CC(c1ccccc1Br)n1c(=O)ccc2cnc(Nc3ccc(N4CCN(C)CC4)cc3)nc21. The van der Waals surface area contributed by atoms with Gasteiger partial charge in [0.05, 0.1) is 6.04 Å². The second-order valence-corrected chi connectivity index (χ2v) is 9.53. The summed E-state index contributed by atoms with van der Waals surface area (Å²) >= 11 is 3.61. The van der Waals surface area contributed by atoms with E-state index in [1.165, 1.54) is 5.69 Å². The third-order valence-electron chi connectivity index (χ3n) is 6.40. The lowest BCUT2D eigenvalue weighted by Gasteiger charge is -2.34. The molecule has 174 valence electrons. The first-order valence-corrected chi connectivity index (χ1v) is 12.2. The van der Waals surface area contributed by atoms with Crippen LogP contribution in [0.15, 0.2) is 76.1 Å². The van der Waals surface area contributed by atoms with Gasteiger partial charge in [0.15, 0.2) is 0 Å². The monoisotopic (exact) mass is 518 g/mol. The fraction of sp³-hybridized carbons (Fsp3) is 0.269. The number of piperazine rings is 1. The molecule has 5 rings (SSSR count). The number of nitrogens with one attached hydrogen (secondary N) is 1. The topological polar surface area (TPSA) is 66.3 Å². The van der Waals surface area contributed by atoms with Gasteiger partial charge in [-0.2, -0.15) is 4.98 Å². The molecular weight excluding hydrogens is 492 g/mol. The molecular formula is C26H27BrN6O. The molecule has 2 aromatic carbocycles. The van der Waals surface area contributed by atoms with Gasteiger partial charge in [-0.3, -0.25) is 9.36 Å². The van der Waals surface area contributed by atoms with E-state index in [1.807, 2.05) is 43.3 Å². The second kappa shape index (κ2) is 9.56. The van der Waals surface area contributed by atoms with E-state index in [2.05, 4.69) is 55.2 Å². The normalized spacial score (nSPS) is 15.4. The van der Waals surface area contributed by atoms with Crippen LogP contribution in [0.4, 0.5) is 17.3 Å². The molecule has 1 fully saturated rings. The zero-order valence-electron chi connectivity index (χ0n) is 19.3. The lowest BCUT2D eigenvalue weighted by Crippen LogP contribution is -2.44. The maximum atomic E-state index is 12.9. The van der Waals surface area contributed by atoms with Gasteiger partial charge in [0.1, 0.15) is 5.65 Å². The molecule has 0 spiro atoms. The van der Waals surface area contributed by atoms with Gasteiger partial charge in [-0.15, -0.1) is 0 Å². The average molecular weight is 519 g/mol. The van der Waals surface area contributed by atoms with E-state index in [0.717, 1.165) is 47.3 Å². The maximum absolute atomic E-state index is 12.9. The Hall–Kier alpha value is -3.23. The van der Waals surface area contributed by atoms with E-state index in [0.29, 0.717) is 11.6 Å². The van der Waals surface area contributed by atoms with Crippen molar-refractivity contribution in [3.05, 3.63) is 87.3 Å². The van der Waals surface area contributed by atoms with Crippen LogP contribution in [0.2, 0.25) is 0 Å². The number of aromatic nitrogens is 3. The van der Waals surface area contributed by atoms with Crippen LogP contribution >= 0.6 is 15.9 Å². The predicted octanol–water partition coefficient (Wildman–Crippen LogP) is 4.66. The molecule has 0 radical (unpaired) electrons. The minimum Gasteiger partial charge on any atom is -0.369 e. The van der Waals surface area contributed by atoms with Crippen molar-refractivity contribution in [2.45, 2.75) is 13.0 Å². The first-order chi connectivity index (χ1) is 16.5. The van der Waals surface area contributed by atoms with Crippen molar-refractivity contribution < 1.29 is 0 Å². The fourth-order valence-electron chi connectivity index (χ4n) is 4.38. The standard InChI is InChI=1S/C26H27BrN6O/c1-18(22-5-3-4-6-23(22)27)33-24(34)12-7-19-17-28-26(30-25(19)33)29-20-8-10-21(11-9-20)32-15-13-31(2)14-16-32/h3-12,17-18H,13-16H2,1-2H3,(H,28,29,30). The molecule has 0 aliphatic carbocycles. The molecule has 0 bridgehead atoms. The Morgan fingerprint density at radius 3 is 2.44 bits per heavy atom. The van der Waals surface area contributed by atoms with Crippen LogP contribution in [0, 0.1) is 0 Å². The molecule has 3 heterocycles. The highest BCUT2D eigenvalue weighted by molar-refractivity contribution is 9.10. The molecule has 1 aliphatic rings. The number of likely N-dealkylation sites (N-methyl/N-ethyl adjacent to an activating group) is 1. The quantitative estimate of drug-likeness (QED) is 0.414. The summed E-state index contributed by atoms with van der Waals surface area (Å²) in [5, 5.41) is 4.11. The number of pyridine rings is 1. The molecule has 7 nitrogen and oxygen atoms in total. The largest absolute Gasteiger partial charge is 0.369 e. The number of fused-ring (bicyclic) bond motifs is 1. The zero-order chi connectivity index (χ0) is 23.7. The van der Waals surface area contributed by atoms with Crippen molar-refractivity contribution in [2.75, 3.05) is 43.4 Å². The van der Waals surface area contributed by atoms with Crippen molar-refractivity contribution in [1.29, 1.82) is 0 Å². The van der Waals surface area contributed by atoms with Crippen molar-refractivity contribution in [3.8, 4) is 0 Å². The van der Waals surface area contributed by atoms with Gasteiger partial charge in [0.2, 0.25) is 5.95 Å². The van der Waals surface area contributed by atoms with E-state index in [1.54, 1.807) is 22.9 Å². The van der Waals surface area contributed by atoms with E-state index in [4.69, 9.17) is 4.98 Å². The number of benzene rings is 2. The Kier molecular flexibility index (Phi) is 6.34. The summed E-state index contributed by atoms with van der Waals surface area (Å²) in [6, 6.07) is 19.4. The molecule has 1 aliphatic heterocycles. The van der Waals surface area contributed by atoms with Gasteiger partial charge < -0.3 is 15.1 Å². The molecule has 0 amide bonds. The predicted molar refractivity (Wildman–Crippen MR) is 141 cm³/mol. The Balaban J connectivity index is 1.43. The summed E-state index contributed by atoms with van der Waals surface area (Å²) in [6.07, 6.45) is 1.76. The summed E-state index contributed by atoms with van der Waals surface area (Å²) in [5.74, 6) is 0.457. The number of rotatable bonds is 5. The number of hydrogen-bond acceptors (Lipinski definition) is 6.